The second-order valence-corrected chi connectivity index (χ2v) is 7.78. The number of ether oxygens (including phenoxy) is 1. The Bertz CT molecular complexity index is 855. The molecule has 2 rings (SSSR count). The number of rotatable bonds is 6. The van der Waals surface area contributed by atoms with Gasteiger partial charge in [-0.2, -0.15) is 0 Å². The van der Waals surface area contributed by atoms with Gasteiger partial charge < -0.3 is 10.1 Å². The summed E-state index contributed by atoms with van der Waals surface area (Å²) in [5.41, 5.74) is 2.37. The Kier molecular flexibility index (Phi) is 5.93. The summed E-state index contributed by atoms with van der Waals surface area (Å²) in [5, 5.41) is 2.77. The van der Waals surface area contributed by atoms with Gasteiger partial charge in [0.15, 0.2) is 9.84 Å². The summed E-state index contributed by atoms with van der Waals surface area (Å²) in [5.74, 6) is -0.728. The predicted octanol–water partition coefficient (Wildman–Crippen LogP) is 1.95. The van der Waals surface area contributed by atoms with Gasteiger partial charge in [0, 0.05) is 18.4 Å². The number of hydrogen-bond donors (Lipinski definition) is 1. The van der Waals surface area contributed by atoms with Crippen molar-refractivity contribution in [2.45, 2.75) is 12.3 Å². The molecule has 0 bridgehead atoms. The molecular formula is C18H19NO5S. The van der Waals surface area contributed by atoms with Gasteiger partial charge >= 0.3 is 5.97 Å². The fourth-order valence-corrected chi connectivity index (χ4v) is 3.01. The predicted molar refractivity (Wildman–Crippen MR) is 93.9 cm³/mol. The van der Waals surface area contributed by atoms with Gasteiger partial charge in [0.25, 0.3) is 5.91 Å². The Morgan fingerprint density at radius 3 is 1.96 bits per heavy atom. The fraction of sp³-hybridized carbons (Fsp3) is 0.222. The van der Waals surface area contributed by atoms with Crippen LogP contribution in [0.1, 0.15) is 31.8 Å². The third-order valence-electron chi connectivity index (χ3n) is 3.47. The Balaban J connectivity index is 1.94. The molecular weight excluding hydrogens is 342 g/mol. The van der Waals surface area contributed by atoms with Crippen LogP contribution in [0.2, 0.25) is 0 Å². The molecule has 0 aromatic heterocycles. The summed E-state index contributed by atoms with van der Waals surface area (Å²) < 4.78 is 27.1. The van der Waals surface area contributed by atoms with Crippen LogP contribution in [0.15, 0.2) is 48.5 Å². The molecule has 0 atom stereocenters. The van der Waals surface area contributed by atoms with E-state index in [1.165, 1.54) is 13.4 Å². The third kappa shape index (κ3) is 5.72. The van der Waals surface area contributed by atoms with Crippen molar-refractivity contribution in [1.82, 2.24) is 5.32 Å². The Labute approximate surface area is 146 Å². The molecule has 1 N–H and O–H groups in total. The van der Waals surface area contributed by atoms with Gasteiger partial charge in [0.2, 0.25) is 0 Å². The molecule has 6 nitrogen and oxygen atoms in total. The summed E-state index contributed by atoms with van der Waals surface area (Å²) >= 11 is 0. The highest BCUT2D eigenvalue weighted by Crippen LogP contribution is 2.09. The molecule has 2 aromatic carbocycles. The average molecular weight is 361 g/mol. The summed E-state index contributed by atoms with van der Waals surface area (Å²) in [6.45, 7) is 0.311. The number of hydrogen-bond acceptors (Lipinski definition) is 5. The van der Waals surface area contributed by atoms with Gasteiger partial charge in [-0.3, -0.25) is 4.79 Å². The van der Waals surface area contributed by atoms with E-state index in [9.17, 15) is 18.0 Å². The van der Waals surface area contributed by atoms with Crippen LogP contribution in [0.4, 0.5) is 0 Å². The minimum Gasteiger partial charge on any atom is -0.465 e. The van der Waals surface area contributed by atoms with Crippen molar-refractivity contribution in [3.05, 3.63) is 70.8 Å². The molecule has 0 saturated carbocycles. The van der Waals surface area contributed by atoms with Crippen molar-refractivity contribution < 1.29 is 22.7 Å². The highest BCUT2D eigenvalue weighted by Gasteiger charge is 2.09. The molecule has 0 heterocycles. The Hall–Kier alpha value is -2.67. The summed E-state index contributed by atoms with van der Waals surface area (Å²) in [7, 11) is -1.78. The molecule has 2 aromatic rings. The van der Waals surface area contributed by atoms with E-state index in [-0.39, 0.29) is 11.7 Å². The van der Waals surface area contributed by atoms with Crippen molar-refractivity contribution in [1.29, 1.82) is 0 Å². The molecule has 7 heteroatoms. The lowest BCUT2D eigenvalue weighted by atomic mass is 10.1. The quantitative estimate of drug-likeness (QED) is 0.794. The number of nitrogens with one attached hydrogen (secondary N) is 1. The van der Waals surface area contributed by atoms with Crippen LogP contribution in [0.25, 0.3) is 0 Å². The van der Waals surface area contributed by atoms with Crippen molar-refractivity contribution in [2.75, 3.05) is 13.4 Å². The van der Waals surface area contributed by atoms with E-state index in [4.69, 9.17) is 0 Å². The van der Waals surface area contributed by atoms with Crippen LogP contribution in [0.3, 0.4) is 0 Å². The molecule has 0 fully saturated rings. The number of carbonyl (C=O) groups excluding carboxylic acids is 2. The molecule has 25 heavy (non-hydrogen) atoms. The molecule has 0 aliphatic rings. The number of benzene rings is 2. The van der Waals surface area contributed by atoms with E-state index in [0.717, 1.165) is 5.56 Å². The molecule has 0 saturated heterocycles. The van der Waals surface area contributed by atoms with Crippen molar-refractivity contribution >= 4 is 21.7 Å². The van der Waals surface area contributed by atoms with Crippen molar-refractivity contribution in [3.63, 3.8) is 0 Å². The second kappa shape index (κ2) is 7.94. The van der Waals surface area contributed by atoms with E-state index in [1.807, 2.05) is 0 Å². The zero-order valence-electron chi connectivity index (χ0n) is 14.0. The topological polar surface area (TPSA) is 89.5 Å². The van der Waals surface area contributed by atoms with Crippen LogP contribution < -0.4 is 5.32 Å². The van der Waals surface area contributed by atoms with E-state index in [2.05, 4.69) is 10.1 Å². The number of carbonyl (C=O) groups is 2. The second-order valence-electron chi connectivity index (χ2n) is 5.64. The van der Waals surface area contributed by atoms with Crippen LogP contribution in [0.5, 0.6) is 0 Å². The molecule has 1 amide bonds. The highest BCUT2D eigenvalue weighted by molar-refractivity contribution is 7.89. The molecule has 0 radical (unpaired) electrons. The molecule has 132 valence electrons. The average Bonchev–Trinajstić information content (AvgIpc) is 2.58. The zero-order valence-corrected chi connectivity index (χ0v) is 14.8. The van der Waals surface area contributed by atoms with Crippen LogP contribution in [-0.2, 0) is 26.9 Å². The lowest BCUT2D eigenvalue weighted by Gasteiger charge is -2.07. The van der Waals surface area contributed by atoms with Crippen molar-refractivity contribution in [3.8, 4) is 0 Å². The maximum absolute atomic E-state index is 12.1. The highest BCUT2D eigenvalue weighted by atomic mass is 32.2. The summed E-state index contributed by atoms with van der Waals surface area (Å²) in [4.78, 5) is 23.5. The maximum atomic E-state index is 12.1. The molecule has 0 aliphatic carbocycles. The van der Waals surface area contributed by atoms with Gasteiger partial charge in [0.1, 0.15) is 0 Å². The van der Waals surface area contributed by atoms with Crippen molar-refractivity contribution in [2.24, 2.45) is 0 Å². The Morgan fingerprint density at radius 2 is 1.44 bits per heavy atom. The number of sulfone groups is 1. The van der Waals surface area contributed by atoms with Gasteiger partial charge in [-0.05, 0) is 35.4 Å². The van der Waals surface area contributed by atoms with Gasteiger partial charge in [-0.15, -0.1) is 0 Å². The first-order chi connectivity index (χ1) is 11.8. The largest absolute Gasteiger partial charge is 0.465 e. The van der Waals surface area contributed by atoms with Gasteiger partial charge in [0.05, 0.1) is 18.4 Å². The smallest absolute Gasteiger partial charge is 0.337 e. The monoisotopic (exact) mass is 361 g/mol. The maximum Gasteiger partial charge on any atom is 0.337 e. The standard InChI is InChI=1S/C18H19NO5S/c1-24-18(21)16-9-3-13(4-10-16)11-19-17(20)15-7-5-14(6-8-15)12-25(2,22)23/h3-10H,11-12H2,1-2H3,(H,19,20). The van der Waals surface area contributed by atoms with Crippen LogP contribution in [0, 0.1) is 0 Å². The van der Waals surface area contributed by atoms with E-state index < -0.39 is 15.8 Å². The first-order valence-corrected chi connectivity index (χ1v) is 9.56. The van der Waals surface area contributed by atoms with E-state index in [0.29, 0.717) is 23.2 Å². The lowest BCUT2D eigenvalue weighted by Crippen LogP contribution is -2.22. The van der Waals surface area contributed by atoms with E-state index in [1.54, 1.807) is 48.5 Å². The fourth-order valence-electron chi connectivity index (χ4n) is 2.22. The van der Waals surface area contributed by atoms with Gasteiger partial charge in [-0.1, -0.05) is 24.3 Å². The molecule has 0 spiro atoms. The van der Waals surface area contributed by atoms with Crippen LogP contribution in [-0.4, -0.2) is 33.7 Å². The van der Waals surface area contributed by atoms with E-state index >= 15 is 0 Å². The minimum absolute atomic E-state index is 0.0541. The minimum atomic E-state index is -3.10. The SMILES string of the molecule is COC(=O)c1ccc(CNC(=O)c2ccc(CS(C)(=O)=O)cc2)cc1. The zero-order chi connectivity index (χ0) is 18.4. The number of esters is 1. The van der Waals surface area contributed by atoms with Gasteiger partial charge in [-0.25, -0.2) is 13.2 Å². The summed E-state index contributed by atoms with van der Waals surface area (Å²) in [6, 6.07) is 13.2. The molecule has 0 aliphatic heterocycles. The number of amides is 1. The third-order valence-corrected chi connectivity index (χ3v) is 4.33. The van der Waals surface area contributed by atoms with Crippen LogP contribution >= 0.6 is 0 Å². The molecule has 0 unspecified atom stereocenters. The number of methoxy groups -OCH3 is 1. The first kappa shape index (κ1) is 18.7. The lowest BCUT2D eigenvalue weighted by molar-refractivity contribution is 0.0600. The first-order valence-electron chi connectivity index (χ1n) is 7.50. The normalized spacial score (nSPS) is 11.0. The Morgan fingerprint density at radius 1 is 0.920 bits per heavy atom. The summed E-state index contributed by atoms with van der Waals surface area (Å²) in [6.07, 6.45) is 1.17.